The quantitative estimate of drug-likeness (QED) is 0.300. The molecule has 7 nitrogen and oxygen atoms in total. The van der Waals surface area contributed by atoms with Crippen molar-refractivity contribution in [2.45, 2.75) is 12.6 Å². The summed E-state index contributed by atoms with van der Waals surface area (Å²) in [7, 11) is 1.26. The highest BCUT2D eigenvalue weighted by atomic mass is 35.5. The van der Waals surface area contributed by atoms with Gasteiger partial charge in [-0.2, -0.15) is 18.4 Å². The van der Waals surface area contributed by atoms with Crippen molar-refractivity contribution in [2.24, 2.45) is 0 Å². The van der Waals surface area contributed by atoms with Crippen LogP contribution in [0.15, 0.2) is 60.7 Å². The summed E-state index contributed by atoms with van der Waals surface area (Å²) in [6, 6.07) is 14.9. The zero-order valence-corrected chi connectivity index (χ0v) is 19.4. The summed E-state index contributed by atoms with van der Waals surface area (Å²) in [4.78, 5) is 11.4. The second-order valence-corrected chi connectivity index (χ2v) is 8.21. The van der Waals surface area contributed by atoms with E-state index in [1.165, 1.54) is 43.5 Å². The van der Waals surface area contributed by atoms with Gasteiger partial charge in [-0.15, -0.1) is 0 Å². The highest BCUT2D eigenvalue weighted by Gasteiger charge is 2.33. The van der Waals surface area contributed by atoms with Gasteiger partial charge in [-0.3, -0.25) is 9.35 Å². The van der Waals surface area contributed by atoms with Gasteiger partial charge < -0.3 is 9.47 Å². The number of methoxy groups -OCH3 is 1. The minimum Gasteiger partial charge on any atom is -0.469 e. The Kier molecular flexibility index (Phi) is 8.01. The predicted molar refractivity (Wildman–Crippen MR) is 123 cm³/mol. The first kappa shape index (κ1) is 26.0. The summed E-state index contributed by atoms with van der Waals surface area (Å²) in [5, 5.41) is 9.05. The summed E-state index contributed by atoms with van der Waals surface area (Å²) in [5.41, 5.74) is -0.146. The molecular formula is C23H16ClF3N2O5S. The molecule has 0 saturated carbocycles. The van der Waals surface area contributed by atoms with Crippen molar-refractivity contribution < 1.29 is 36.2 Å². The third kappa shape index (κ3) is 6.30. The number of nitrogens with zero attached hydrogens (tertiary/aromatic N) is 2. The highest BCUT2D eigenvalue weighted by Crippen LogP contribution is 2.39. The molecule has 0 saturated heterocycles. The SMILES string of the molecule is COC(=O)Cc1ccc(N(c2ccc(Oc3ccc(Cl)c(C(F)(F)F)c3)c(C#N)c2)S(=O)O)cc1. The molecule has 35 heavy (non-hydrogen) atoms. The molecule has 1 unspecified atom stereocenters. The third-order valence-electron chi connectivity index (χ3n) is 4.69. The van der Waals surface area contributed by atoms with Gasteiger partial charge in [0, 0.05) is 0 Å². The average molecular weight is 525 g/mol. The van der Waals surface area contributed by atoms with Gasteiger partial charge in [0.1, 0.15) is 17.6 Å². The van der Waals surface area contributed by atoms with Crippen LogP contribution in [0.1, 0.15) is 16.7 Å². The number of hydrogen-bond donors (Lipinski definition) is 1. The van der Waals surface area contributed by atoms with Crippen molar-refractivity contribution in [3.63, 3.8) is 0 Å². The maximum absolute atomic E-state index is 13.1. The first-order valence-electron chi connectivity index (χ1n) is 9.69. The lowest BCUT2D eigenvalue weighted by molar-refractivity contribution is -0.140. The van der Waals surface area contributed by atoms with Crippen LogP contribution in [0.25, 0.3) is 0 Å². The van der Waals surface area contributed by atoms with E-state index in [1.807, 2.05) is 6.07 Å². The van der Waals surface area contributed by atoms with Crippen LogP contribution in [0.2, 0.25) is 5.02 Å². The van der Waals surface area contributed by atoms with Crippen molar-refractivity contribution >= 4 is 40.2 Å². The summed E-state index contributed by atoms with van der Waals surface area (Å²) in [5.74, 6) is -0.712. The fourth-order valence-corrected chi connectivity index (χ4v) is 3.87. The largest absolute Gasteiger partial charge is 0.469 e. The zero-order chi connectivity index (χ0) is 25.8. The van der Waals surface area contributed by atoms with Crippen molar-refractivity contribution in [1.82, 2.24) is 0 Å². The number of alkyl halides is 3. The van der Waals surface area contributed by atoms with Crippen molar-refractivity contribution in [1.29, 1.82) is 5.26 Å². The lowest BCUT2D eigenvalue weighted by Crippen LogP contribution is -2.19. The number of ether oxygens (including phenoxy) is 2. The second kappa shape index (κ2) is 10.8. The zero-order valence-electron chi connectivity index (χ0n) is 17.9. The van der Waals surface area contributed by atoms with Crippen LogP contribution >= 0.6 is 11.6 Å². The van der Waals surface area contributed by atoms with Gasteiger partial charge in [0.25, 0.3) is 11.3 Å². The Balaban J connectivity index is 1.92. The van der Waals surface area contributed by atoms with Gasteiger partial charge in [-0.05, 0) is 54.1 Å². The number of carbonyl (C=O) groups is 1. The Morgan fingerprint density at radius 1 is 1.11 bits per heavy atom. The van der Waals surface area contributed by atoms with E-state index < -0.39 is 34.0 Å². The molecule has 3 rings (SSSR count). The number of rotatable bonds is 7. The minimum absolute atomic E-state index is 0.0182. The Bertz CT molecular complexity index is 1310. The number of benzene rings is 3. The molecule has 0 aliphatic carbocycles. The summed E-state index contributed by atoms with van der Waals surface area (Å²) >= 11 is 3.08. The van der Waals surface area contributed by atoms with Gasteiger partial charge >= 0.3 is 12.1 Å². The lowest BCUT2D eigenvalue weighted by Gasteiger charge is -2.21. The van der Waals surface area contributed by atoms with Gasteiger partial charge in [-0.1, -0.05) is 23.7 Å². The Hall–Kier alpha value is -3.59. The average Bonchev–Trinajstić information content (AvgIpc) is 2.81. The van der Waals surface area contributed by atoms with Crippen LogP contribution in [0.5, 0.6) is 11.5 Å². The molecule has 182 valence electrons. The van der Waals surface area contributed by atoms with E-state index in [0.29, 0.717) is 11.6 Å². The van der Waals surface area contributed by atoms with Gasteiger partial charge in [0.15, 0.2) is 0 Å². The molecule has 0 aromatic heterocycles. The number of anilines is 2. The molecule has 0 radical (unpaired) electrons. The van der Waals surface area contributed by atoms with E-state index in [9.17, 15) is 32.0 Å². The molecule has 0 amide bonds. The first-order valence-corrected chi connectivity index (χ1v) is 11.1. The van der Waals surface area contributed by atoms with E-state index in [0.717, 1.165) is 10.4 Å². The van der Waals surface area contributed by atoms with Gasteiger partial charge in [0.05, 0.1) is 41.1 Å². The van der Waals surface area contributed by atoms with E-state index >= 15 is 0 Å². The molecule has 0 bridgehead atoms. The first-order chi connectivity index (χ1) is 16.5. The molecule has 3 aromatic rings. The Morgan fingerprint density at radius 2 is 1.77 bits per heavy atom. The van der Waals surface area contributed by atoms with Crippen molar-refractivity contribution in [3.8, 4) is 17.6 Å². The van der Waals surface area contributed by atoms with Crippen LogP contribution < -0.4 is 9.04 Å². The van der Waals surface area contributed by atoms with Crippen LogP contribution in [0.3, 0.4) is 0 Å². The van der Waals surface area contributed by atoms with Crippen LogP contribution in [-0.2, 0) is 33.4 Å². The van der Waals surface area contributed by atoms with Crippen molar-refractivity contribution in [3.05, 3.63) is 82.4 Å². The van der Waals surface area contributed by atoms with Crippen LogP contribution in [0, 0.1) is 11.3 Å². The monoisotopic (exact) mass is 524 g/mol. The summed E-state index contributed by atoms with van der Waals surface area (Å²) in [6.07, 6.45) is -4.68. The van der Waals surface area contributed by atoms with Crippen molar-refractivity contribution in [2.75, 3.05) is 11.4 Å². The molecule has 1 N–H and O–H groups in total. The number of nitriles is 1. The molecule has 0 aliphatic rings. The standard InChI is InChI=1S/C23H16ClF3N2O5S/c1-33-22(30)10-14-2-4-16(5-3-14)29(35(31)32)17-6-9-21(15(11-17)13-28)34-18-7-8-20(24)19(12-18)23(25,26)27/h2-9,11-12H,10H2,1H3,(H,31,32). The predicted octanol–water partition coefficient (Wildman–Crippen LogP) is 6.01. The maximum atomic E-state index is 13.1. The maximum Gasteiger partial charge on any atom is 0.417 e. The van der Waals surface area contributed by atoms with Gasteiger partial charge in [-0.25, -0.2) is 8.51 Å². The molecule has 1 atom stereocenters. The second-order valence-electron chi connectivity index (χ2n) is 6.98. The molecule has 0 heterocycles. The molecule has 12 heteroatoms. The van der Waals surface area contributed by atoms with E-state index in [-0.39, 0.29) is 34.9 Å². The third-order valence-corrected chi connectivity index (χ3v) is 5.76. The molecular weight excluding hydrogens is 509 g/mol. The number of halogens is 4. The molecule has 0 fully saturated rings. The lowest BCUT2D eigenvalue weighted by atomic mass is 10.1. The number of carbonyl (C=O) groups excluding carboxylic acids is 1. The van der Waals surface area contributed by atoms with Crippen LogP contribution in [-0.4, -0.2) is 21.8 Å². The van der Waals surface area contributed by atoms with E-state index in [2.05, 4.69) is 4.74 Å². The number of hydrogen-bond acceptors (Lipinski definition) is 5. The molecule has 3 aromatic carbocycles. The molecule has 0 spiro atoms. The summed E-state index contributed by atoms with van der Waals surface area (Å²) < 4.78 is 72.4. The Morgan fingerprint density at radius 3 is 2.34 bits per heavy atom. The summed E-state index contributed by atoms with van der Waals surface area (Å²) in [6.45, 7) is 0. The number of esters is 1. The topological polar surface area (TPSA) is 99.9 Å². The van der Waals surface area contributed by atoms with E-state index in [4.69, 9.17) is 16.3 Å². The fourth-order valence-electron chi connectivity index (χ4n) is 3.05. The highest BCUT2D eigenvalue weighted by molar-refractivity contribution is 7.81. The smallest absolute Gasteiger partial charge is 0.417 e. The minimum atomic E-state index is -4.70. The van der Waals surface area contributed by atoms with E-state index in [1.54, 1.807) is 12.1 Å². The van der Waals surface area contributed by atoms with Gasteiger partial charge in [0.2, 0.25) is 0 Å². The fraction of sp³-hybridized carbons (Fsp3) is 0.130. The normalized spacial score (nSPS) is 11.9. The molecule has 0 aliphatic heterocycles. The van der Waals surface area contributed by atoms with Crippen LogP contribution in [0.4, 0.5) is 24.5 Å². The Labute approximate surface area is 205 Å².